The zero-order valence-electron chi connectivity index (χ0n) is 19.8. The van der Waals surface area contributed by atoms with Gasteiger partial charge < -0.3 is 19.7 Å². The van der Waals surface area contributed by atoms with Gasteiger partial charge in [0.25, 0.3) is 11.8 Å². The van der Waals surface area contributed by atoms with Crippen molar-refractivity contribution < 1.29 is 9.59 Å². The van der Waals surface area contributed by atoms with E-state index >= 15 is 0 Å². The number of hydrogen-bond acceptors (Lipinski definition) is 6. The smallest absolute Gasteiger partial charge is 0.273 e. The van der Waals surface area contributed by atoms with Crippen LogP contribution in [0.4, 0.5) is 11.4 Å². The summed E-state index contributed by atoms with van der Waals surface area (Å²) in [5.41, 5.74) is 3.73. The SMILES string of the molecule is N#Cc1ccc(Cn2cncc2C(=O)Nc2ccc(N3CCN(C(=O)c4ccc(Cl)s4)CC3)cc2)cc1. The first kappa shape index (κ1) is 24.6. The molecule has 0 spiro atoms. The van der Waals surface area contributed by atoms with E-state index in [-0.39, 0.29) is 11.8 Å². The van der Waals surface area contributed by atoms with E-state index in [2.05, 4.69) is 21.3 Å². The van der Waals surface area contributed by atoms with Crippen LogP contribution in [0.5, 0.6) is 0 Å². The van der Waals surface area contributed by atoms with Crippen molar-refractivity contribution in [3.63, 3.8) is 0 Å². The summed E-state index contributed by atoms with van der Waals surface area (Å²) in [6.07, 6.45) is 3.16. The van der Waals surface area contributed by atoms with Crippen LogP contribution >= 0.6 is 22.9 Å². The van der Waals surface area contributed by atoms with Gasteiger partial charge in [-0.25, -0.2) is 4.98 Å². The normalized spacial score (nSPS) is 13.3. The fraction of sp³-hybridized carbons (Fsp3) is 0.185. The number of rotatable bonds is 6. The van der Waals surface area contributed by atoms with E-state index in [1.807, 2.05) is 41.3 Å². The molecule has 0 saturated carbocycles. The maximum atomic E-state index is 12.9. The van der Waals surface area contributed by atoms with E-state index in [1.165, 1.54) is 17.5 Å². The lowest BCUT2D eigenvalue weighted by atomic mass is 10.1. The number of nitrogens with zero attached hydrogens (tertiary/aromatic N) is 5. The van der Waals surface area contributed by atoms with Gasteiger partial charge in [-0.05, 0) is 54.1 Å². The number of nitriles is 1. The Morgan fingerprint density at radius 3 is 2.38 bits per heavy atom. The summed E-state index contributed by atoms with van der Waals surface area (Å²) < 4.78 is 2.39. The number of piperazine rings is 1. The third-order valence-electron chi connectivity index (χ3n) is 6.22. The highest BCUT2D eigenvalue weighted by Crippen LogP contribution is 2.25. The maximum absolute atomic E-state index is 12.9. The summed E-state index contributed by atoms with van der Waals surface area (Å²) in [5.74, 6) is -0.229. The third-order valence-corrected chi connectivity index (χ3v) is 7.44. The summed E-state index contributed by atoms with van der Waals surface area (Å²) in [7, 11) is 0. The van der Waals surface area contributed by atoms with Gasteiger partial charge in [0.1, 0.15) is 5.69 Å². The molecule has 2 aromatic carbocycles. The number of nitrogens with one attached hydrogen (secondary N) is 1. The van der Waals surface area contributed by atoms with E-state index in [9.17, 15) is 9.59 Å². The van der Waals surface area contributed by atoms with Gasteiger partial charge in [0.2, 0.25) is 0 Å². The highest BCUT2D eigenvalue weighted by Gasteiger charge is 2.23. The molecule has 5 rings (SSSR count). The van der Waals surface area contributed by atoms with Crippen molar-refractivity contribution in [3.8, 4) is 6.07 Å². The van der Waals surface area contributed by atoms with Gasteiger partial charge in [0, 0.05) is 44.1 Å². The zero-order chi connectivity index (χ0) is 25.8. The number of hydrogen-bond donors (Lipinski definition) is 1. The van der Waals surface area contributed by atoms with E-state index in [1.54, 1.807) is 35.2 Å². The second-order valence-electron chi connectivity index (χ2n) is 8.60. The molecule has 186 valence electrons. The second-order valence-corrected chi connectivity index (χ2v) is 10.3. The molecule has 1 saturated heterocycles. The predicted octanol–water partition coefficient (Wildman–Crippen LogP) is 4.73. The van der Waals surface area contributed by atoms with Gasteiger partial charge in [-0.3, -0.25) is 9.59 Å². The molecule has 1 aliphatic rings. The number of anilines is 2. The molecule has 2 aromatic heterocycles. The molecule has 0 bridgehead atoms. The number of carbonyl (C=O) groups is 2. The van der Waals surface area contributed by atoms with Gasteiger partial charge in [-0.15, -0.1) is 11.3 Å². The van der Waals surface area contributed by atoms with Crippen LogP contribution in [0.15, 0.2) is 73.2 Å². The minimum absolute atomic E-state index is 0.0213. The molecular formula is C27H23ClN6O2S. The minimum Gasteiger partial charge on any atom is -0.368 e. The number of halogens is 1. The molecule has 1 aliphatic heterocycles. The monoisotopic (exact) mass is 530 g/mol. The number of aromatic nitrogens is 2. The minimum atomic E-state index is -0.250. The molecule has 0 aliphatic carbocycles. The molecule has 3 heterocycles. The van der Waals surface area contributed by atoms with Crippen molar-refractivity contribution >= 4 is 46.1 Å². The largest absolute Gasteiger partial charge is 0.368 e. The molecule has 1 N–H and O–H groups in total. The van der Waals surface area contributed by atoms with Crippen LogP contribution in [-0.2, 0) is 6.54 Å². The first-order valence-electron chi connectivity index (χ1n) is 11.7. The van der Waals surface area contributed by atoms with Crippen molar-refractivity contribution in [2.24, 2.45) is 0 Å². The summed E-state index contributed by atoms with van der Waals surface area (Å²) in [6, 6.07) is 20.6. The molecule has 0 radical (unpaired) electrons. The molecular weight excluding hydrogens is 508 g/mol. The topological polar surface area (TPSA) is 94.3 Å². The summed E-state index contributed by atoms with van der Waals surface area (Å²) in [4.78, 5) is 34.5. The van der Waals surface area contributed by atoms with Crippen LogP contribution in [-0.4, -0.2) is 52.4 Å². The van der Waals surface area contributed by atoms with Crippen LogP contribution < -0.4 is 10.2 Å². The maximum Gasteiger partial charge on any atom is 0.273 e. The van der Waals surface area contributed by atoms with Crippen LogP contribution in [0.1, 0.15) is 31.3 Å². The van der Waals surface area contributed by atoms with Gasteiger partial charge >= 0.3 is 0 Å². The Morgan fingerprint density at radius 2 is 1.73 bits per heavy atom. The van der Waals surface area contributed by atoms with Crippen molar-refractivity contribution in [1.82, 2.24) is 14.5 Å². The van der Waals surface area contributed by atoms with E-state index in [4.69, 9.17) is 16.9 Å². The Morgan fingerprint density at radius 1 is 1.00 bits per heavy atom. The molecule has 0 unspecified atom stereocenters. The number of thiophene rings is 1. The fourth-order valence-corrected chi connectivity index (χ4v) is 5.23. The Kier molecular flexibility index (Phi) is 7.21. The Balaban J connectivity index is 1.17. The average Bonchev–Trinajstić information content (AvgIpc) is 3.58. The molecule has 10 heteroatoms. The molecule has 37 heavy (non-hydrogen) atoms. The van der Waals surface area contributed by atoms with Crippen LogP contribution in [0, 0.1) is 11.3 Å². The molecule has 8 nitrogen and oxygen atoms in total. The lowest BCUT2D eigenvalue weighted by Crippen LogP contribution is -2.48. The van der Waals surface area contributed by atoms with Crippen molar-refractivity contribution in [1.29, 1.82) is 5.26 Å². The molecule has 0 atom stereocenters. The summed E-state index contributed by atoms with van der Waals surface area (Å²) in [5, 5.41) is 11.9. The summed E-state index contributed by atoms with van der Waals surface area (Å²) >= 11 is 7.27. The lowest BCUT2D eigenvalue weighted by molar-refractivity contribution is 0.0751. The quantitative estimate of drug-likeness (QED) is 0.389. The van der Waals surface area contributed by atoms with E-state index in [0.717, 1.165) is 24.3 Å². The Bertz CT molecular complexity index is 1450. The van der Waals surface area contributed by atoms with Gasteiger partial charge in [-0.1, -0.05) is 23.7 Å². The van der Waals surface area contributed by atoms with Crippen LogP contribution in [0.3, 0.4) is 0 Å². The Hall–Kier alpha value is -4.13. The van der Waals surface area contributed by atoms with Crippen LogP contribution in [0.25, 0.3) is 0 Å². The highest BCUT2D eigenvalue weighted by molar-refractivity contribution is 7.17. The van der Waals surface area contributed by atoms with Gasteiger partial charge in [0.05, 0.1) is 33.4 Å². The Labute approximate surface area is 223 Å². The first-order chi connectivity index (χ1) is 18.0. The van der Waals surface area contributed by atoms with Gasteiger partial charge in [-0.2, -0.15) is 5.26 Å². The fourth-order valence-electron chi connectivity index (χ4n) is 4.22. The molecule has 1 fully saturated rings. The van der Waals surface area contributed by atoms with Crippen molar-refractivity contribution in [2.75, 3.05) is 36.4 Å². The predicted molar refractivity (Wildman–Crippen MR) is 144 cm³/mol. The van der Waals surface area contributed by atoms with Crippen LogP contribution in [0.2, 0.25) is 4.34 Å². The number of benzene rings is 2. The van der Waals surface area contributed by atoms with E-state index < -0.39 is 0 Å². The van der Waals surface area contributed by atoms with E-state index in [0.29, 0.717) is 45.8 Å². The second kappa shape index (κ2) is 10.9. The first-order valence-corrected chi connectivity index (χ1v) is 12.9. The third kappa shape index (κ3) is 5.66. The lowest BCUT2D eigenvalue weighted by Gasteiger charge is -2.36. The summed E-state index contributed by atoms with van der Waals surface area (Å²) in [6.45, 7) is 3.20. The van der Waals surface area contributed by atoms with Gasteiger partial charge in [0.15, 0.2) is 0 Å². The number of amides is 2. The average molecular weight is 531 g/mol. The molecule has 2 amide bonds. The number of carbonyl (C=O) groups excluding carboxylic acids is 2. The zero-order valence-corrected chi connectivity index (χ0v) is 21.4. The highest BCUT2D eigenvalue weighted by atomic mass is 35.5. The number of imidazole rings is 1. The van der Waals surface area contributed by atoms with Crippen molar-refractivity contribution in [2.45, 2.75) is 6.54 Å². The molecule has 4 aromatic rings. The van der Waals surface area contributed by atoms with Crippen molar-refractivity contribution in [3.05, 3.63) is 99.2 Å². The standard InChI is InChI=1S/C27H23ClN6O2S/c28-25-10-9-24(37-25)27(36)33-13-11-32(12-14-33)22-7-5-21(6-8-22)31-26(35)23-16-30-18-34(23)17-20-3-1-19(15-29)2-4-20/h1-10,16,18H,11-14,17H2,(H,31,35).